The molecule has 0 saturated carbocycles. The van der Waals surface area contributed by atoms with Gasteiger partial charge in [-0.05, 0) is 37.1 Å². The lowest BCUT2D eigenvalue weighted by atomic mass is 10.1. The number of hydrogen-bond donors (Lipinski definition) is 0. The van der Waals surface area contributed by atoms with Crippen LogP contribution in [0.1, 0.15) is 16.7 Å². The van der Waals surface area contributed by atoms with Crippen LogP contribution in [-0.2, 0) is 14.1 Å². The fourth-order valence-electron chi connectivity index (χ4n) is 2.80. The molecule has 0 aliphatic rings. The van der Waals surface area contributed by atoms with Crippen molar-refractivity contribution in [3.05, 3.63) is 55.7 Å². The van der Waals surface area contributed by atoms with Crippen molar-refractivity contribution in [3.63, 3.8) is 0 Å². The number of rotatable bonds is 5. The number of nitrogens with zero attached hydrogens (tertiary/aromatic N) is 4. The van der Waals surface area contributed by atoms with E-state index in [9.17, 15) is 14.9 Å². The van der Waals surface area contributed by atoms with Crippen molar-refractivity contribution in [2.24, 2.45) is 14.1 Å². The van der Waals surface area contributed by atoms with Crippen molar-refractivity contribution in [3.8, 4) is 11.8 Å². The van der Waals surface area contributed by atoms with Gasteiger partial charge in [-0.15, -0.1) is 0 Å². The Morgan fingerprint density at radius 3 is 2.28 bits per heavy atom. The molecule has 2 rings (SSSR count). The number of likely N-dealkylation sites (N-methyl/N-ethyl adjacent to an activating group) is 1. The number of nitriles is 1. The molecular formula is C18H22N4O3. The molecule has 0 N–H and O–H groups in total. The highest BCUT2D eigenvalue weighted by Gasteiger charge is 2.18. The molecule has 0 aliphatic heterocycles. The lowest BCUT2D eigenvalue weighted by Crippen LogP contribution is -2.42. The minimum atomic E-state index is -0.595. The fraction of sp³-hybridized carbons (Fsp3) is 0.389. The predicted molar refractivity (Wildman–Crippen MR) is 96.3 cm³/mol. The van der Waals surface area contributed by atoms with E-state index in [-0.39, 0.29) is 5.56 Å². The molecule has 7 heteroatoms. The monoisotopic (exact) mass is 342 g/mol. The van der Waals surface area contributed by atoms with E-state index >= 15 is 0 Å². The van der Waals surface area contributed by atoms with Crippen molar-refractivity contribution in [2.45, 2.75) is 13.8 Å². The van der Waals surface area contributed by atoms with Crippen molar-refractivity contribution in [1.82, 2.24) is 9.13 Å². The molecule has 132 valence electrons. The van der Waals surface area contributed by atoms with Gasteiger partial charge in [0.2, 0.25) is 0 Å². The standard InChI is InChI=1S/C18H22N4O3/c1-12-8-13(2)10-14(9-12)25-7-6-20(3)16-15(11-19)17(23)22(5)18(24)21(16)4/h8-10H,6-7H2,1-5H3. The molecule has 0 unspecified atom stereocenters. The predicted octanol–water partition coefficient (Wildman–Crippen LogP) is 1.09. The Kier molecular flexibility index (Phi) is 5.32. The first kappa shape index (κ1) is 18.3. The Morgan fingerprint density at radius 1 is 1.12 bits per heavy atom. The Labute approximate surface area is 146 Å². The van der Waals surface area contributed by atoms with Crippen LogP contribution in [-0.4, -0.2) is 29.3 Å². The summed E-state index contributed by atoms with van der Waals surface area (Å²) < 4.78 is 8.00. The molecule has 0 fully saturated rings. The Bertz CT molecular complexity index is 930. The van der Waals surface area contributed by atoms with E-state index in [4.69, 9.17) is 4.74 Å². The van der Waals surface area contributed by atoms with Crippen LogP contribution >= 0.6 is 0 Å². The first-order valence-corrected chi connectivity index (χ1v) is 7.88. The molecule has 2 aromatic rings. The highest BCUT2D eigenvalue weighted by molar-refractivity contribution is 5.52. The van der Waals surface area contributed by atoms with Gasteiger partial charge in [0.15, 0.2) is 5.56 Å². The zero-order valence-corrected chi connectivity index (χ0v) is 15.2. The van der Waals surface area contributed by atoms with Crippen LogP contribution in [0, 0.1) is 25.2 Å². The summed E-state index contributed by atoms with van der Waals surface area (Å²) in [5.74, 6) is 1.06. The summed E-state index contributed by atoms with van der Waals surface area (Å²) in [6, 6.07) is 7.86. The largest absolute Gasteiger partial charge is 0.492 e. The van der Waals surface area contributed by atoms with E-state index < -0.39 is 11.2 Å². The van der Waals surface area contributed by atoms with Gasteiger partial charge in [0.1, 0.15) is 24.2 Å². The minimum Gasteiger partial charge on any atom is -0.492 e. The van der Waals surface area contributed by atoms with Gasteiger partial charge in [0, 0.05) is 21.1 Å². The van der Waals surface area contributed by atoms with Crippen LogP contribution < -0.4 is 20.9 Å². The Morgan fingerprint density at radius 2 is 1.72 bits per heavy atom. The maximum Gasteiger partial charge on any atom is 0.332 e. The summed E-state index contributed by atoms with van der Waals surface area (Å²) in [5.41, 5.74) is 1.11. The first-order valence-electron chi connectivity index (χ1n) is 7.88. The van der Waals surface area contributed by atoms with Crippen molar-refractivity contribution in [1.29, 1.82) is 5.26 Å². The molecule has 1 heterocycles. The maximum atomic E-state index is 12.1. The Balaban J connectivity index is 2.22. The second-order valence-electron chi connectivity index (χ2n) is 6.11. The molecule has 0 spiro atoms. The lowest BCUT2D eigenvalue weighted by Gasteiger charge is -2.23. The number of benzene rings is 1. The van der Waals surface area contributed by atoms with Crippen LogP contribution in [0.15, 0.2) is 27.8 Å². The maximum absolute atomic E-state index is 12.1. The van der Waals surface area contributed by atoms with Crippen LogP contribution in [0.25, 0.3) is 0 Å². The number of aromatic nitrogens is 2. The topological polar surface area (TPSA) is 80.3 Å². The molecule has 1 aromatic heterocycles. The summed E-state index contributed by atoms with van der Waals surface area (Å²) in [6.45, 7) is 4.77. The van der Waals surface area contributed by atoms with Gasteiger partial charge >= 0.3 is 5.69 Å². The molecule has 7 nitrogen and oxygen atoms in total. The van der Waals surface area contributed by atoms with E-state index in [1.807, 2.05) is 32.0 Å². The second kappa shape index (κ2) is 7.26. The van der Waals surface area contributed by atoms with Crippen LogP contribution in [0.3, 0.4) is 0 Å². The smallest absolute Gasteiger partial charge is 0.332 e. The van der Waals surface area contributed by atoms with Gasteiger partial charge in [0.05, 0.1) is 6.54 Å². The highest BCUT2D eigenvalue weighted by atomic mass is 16.5. The first-order chi connectivity index (χ1) is 11.8. The lowest BCUT2D eigenvalue weighted by molar-refractivity contribution is 0.325. The molecule has 1 aromatic carbocycles. The SMILES string of the molecule is Cc1cc(C)cc(OCCN(C)c2c(C#N)c(=O)n(C)c(=O)n2C)c1. The normalized spacial score (nSPS) is 10.4. The van der Waals surface area contributed by atoms with Gasteiger partial charge in [-0.25, -0.2) is 4.79 Å². The third-order valence-corrected chi connectivity index (χ3v) is 4.00. The van der Waals surface area contributed by atoms with Crippen LogP contribution in [0.2, 0.25) is 0 Å². The third kappa shape index (κ3) is 3.74. The van der Waals surface area contributed by atoms with Gasteiger partial charge in [-0.1, -0.05) is 6.07 Å². The van der Waals surface area contributed by atoms with Crippen molar-refractivity contribution >= 4 is 5.82 Å². The summed E-state index contributed by atoms with van der Waals surface area (Å²) in [7, 11) is 4.62. The van der Waals surface area contributed by atoms with E-state index in [2.05, 4.69) is 6.07 Å². The summed E-state index contributed by atoms with van der Waals surface area (Å²) >= 11 is 0. The summed E-state index contributed by atoms with van der Waals surface area (Å²) in [6.07, 6.45) is 0. The van der Waals surface area contributed by atoms with Gasteiger partial charge < -0.3 is 9.64 Å². The number of ether oxygens (including phenoxy) is 1. The van der Waals surface area contributed by atoms with Gasteiger partial charge in [-0.3, -0.25) is 13.9 Å². The van der Waals surface area contributed by atoms with E-state index in [0.29, 0.717) is 19.0 Å². The average Bonchev–Trinajstić information content (AvgIpc) is 2.55. The van der Waals surface area contributed by atoms with Crippen LogP contribution in [0.5, 0.6) is 5.75 Å². The third-order valence-electron chi connectivity index (χ3n) is 4.00. The van der Waals surface area contributed by atoms with E-state index in [1.165, 1.54) is 11.6 Å². The molecule has 0 radical (unpaired) electrons. The average molecular weight is 342 g/mol. The molecule has 25 heavy (non-hydrogen) atoms. The quantitative estimate of drug-likeness (QED) is 0.812. The number of aryl methyl sites for hydroxylation is 2. The highest BCUT2D eigenvalue weighted by Crippen LogP contribution is 2.17. The molecule has 0 atom stereocenters. The Hall–Kier alpha value is -3.01. The number of hydrogen-bond acceptors (Lipinski definition) is 5. The summed E-state index contributed by atoms with van der Waals surface area (Å²) in [4.78, 5) is 25.9. The molecule has 0 aliphatic carbocycles. The van der Waals surface area contributed by atoms with Crippen molar-refractivity contribution < 1.29 is 4.74 Å². The van der Waals surface area contributed by atoms with Gasteiger partial charge in [0.25, 0.3) is 5.56 Å². The fourth-order valence-corrected chi connectivity index (χ4v) is 2.80. The zero-order valence-electron chi connectivity index (χ0n) is 15.2. The second-order valence-corrected chi connectivity index (χ2v) is 6.11. The van der Waals surface area contributed by atoms with Gasteiger partial charge in [-0.2, -0.15) is 5.26 Å². The zero-order chi connectivity index (χ0) is 18.7. The van der Waals surface area contributed by atoms with E-state index in [0.717, 1.165) is 21.4 Å². The van der Waals surface area contributed by atoms with Crippen LogP contribution in [0.4, 0.5) is 5.82 Å². The van der Waals surface area contributed by atoms with Crippen molar-refractivity contribution in [2.75, 3.05) is 25.1 Å². The molecule has 0 amide bonds. The minimum absolute atomic E-state index is 0.0569. The van der Waals surface area contributed by atoms with E-state index in [1.54, 1.807) is 19.0 Å². The molecule has 0 saturated heterocycles. The summed E-state index contributed by atoms with van der Waals surface area (Å²) in [5, 5.41) is 9.32. The molecular weight excluding hydrogens is 320 g/mol. The molecule has 0 bridgehead atoms. The number of anilines is 1.